The van der Waals surface area contributed by atoms with Gasteiger partial charge in [0.1, 0.15) is 11.5 Å². The lowest BCUT2D eigenvalue weighted by Gasteiger charge is -2.16. The van der Waals surface area contributed by atoms with Crippen LogP contribution < -0.4 is 9.47 Å². The third-order valence-electron chi connectivity index (χ3n) is 6.55. The molecule has 3 rings (SSSR count). The molecule has 0 atom stereocenters. The van der Waals surface area contributed by atoms with Crippen molar-refractivity contribution in [2.75, 3.05) is 61.6 Å². The van der Waals surface area contributed by atoms with Crippen LogP contribution >= 0.6 is 0 Å². The number of carbonyl (C=O) groups excluding carboxylic acids is 1. The van der Waals surface area contributed by atoms with Gasteiger partial charge >= 0.3 is 5.97 Å². The topological polar surface area (TPSA) is 51.2 Å². The molecule has 2 aromatic rings. The van der Waals surface area contributed by atoms with E-state index in [1.165, 1.54) is 12.7 Å². The first kappa shape index (κ1) is 30.2. The summed E-state index contributed by atoms with van der Waals surface area (Å²) >= 11 is 0. The molecule has 1 saturated carbocycles. The van der Waals surface area contributed by atoms with E-state index in [0.29, 0.717) is 26.1 Å². The van der Waals surface area contributed by atoms with E-state index in [4.69, 9.17) is 14.2 Å². The van der Waals surface area contributed by atoms with Crippen molar-refractivity contribution < 1.29 is 19.0 Å². The van der Waals surface area contributed by atoms with E-state index >= 15 is 0 Å². The summed E-state index contributed by atoms with van der Waals surface area (Å²) in [6.07, 6.45) is 5.93. The summed E-state index contributed by atoms with van der Waals surface area (Å²) in [4.78, 5) is 16.4. The third kappa shape index (κ3) is 10.4. The Morgan fingerprint density at radius 3 is 1.67 bits per heavy atom. The summed E-state index contributed by atoms with van der Waals surface area (Å²) in [5, 5.41) is 0. The molecule has 1 aliphatic carbocycles. The quantitative estimate of drug-likeness (QED) is 0.196. The molecule has 1 fully saturated rings. The molecule has 0 aliphatic heterocycles. The molecule has 1 aliphatic rings. The van der Waals surface area contributed by atoms with Crippen molar-refractivity contribution >= 4 is 11.5 Å². The van der Waals surface area contributed by atoms with Crippen LogP contribution in [0.2, 0.25) is 0 Å². The fourth-order valence-electron chi connectivity index (χ4n) is 4.27. The van der Waals surface area contributed by atoms with E-state index in [2.05, 4.69) is 74.9 Å². The van der Waals surface area contributed by atoms with Crippen molar-refractivity contribution in [3.63, 3.8) is 0 Å². The van der Waals surface area contributed by atoms with Gasteiger partial charge in [-0.1, -0.05) is 36.9 Å². The number of allylic oxidation sites excluding steroid dienone is 4. The molecular weight excluding hydrogens is 488 g/mol. The molecule has 6 nitrogen and oxygen atoms in total. The van der Waals surface area contributed by atoms with Crippen LogP contribution in [-0.4, -0.2) is 77.4 Å². The monoisotopic (exact) mass is 532 g/mol. The molecule has 0 bridgehead atoms. The number of benzene rings is 2. The molecular formula is C33H44N2O4. The lowest BCUT2D eigenvalue weighted by molar-refractivity contribution is -0.140. The zero-order valence-electron chi connectivity index (χ0n) is 24.3. The van der Waals surface area contributed by atoms with E-state index in [0.717, 1.165) is 71.7 Å². The minimum absolute atomic E-state index is 0.220. The molecule has 0 saturated heterocycles. The first-order valence-corrected chi connectivity index (χ1v) is 13.7. The average molecular weight is 533 g/mol. The van der Waals surface area contributed by atoms with Gasteiger partial charge in [-0.3, -0.25) is 4.79 Å². The second-order valence-corrected chi connectivity index (χ2v) is 10.5. The number of nitrogens with zero attached hydrogens (tertiary/aromatic N) is 2. The Hall–Kier alpha value is -3.35. The van der Waals surface area contributed by atoms with Crippen molar-refractivity contribution in [1.82, 2.24) is 9.80 Å². The van der Waals surface area contributed by atoms with Gasteiger partial charge in [-0.05, 0) is 112 Å². The van der Waals surface area contributed by atoms with Gasteiger partial charge in [-0.25, -0.2) is 0 Å². The van der Waals surface area contributed by atoms with Crippen LogP contribution in [0.3, 0.4) is 0 Å². The van der Waals surface area contributed by atoms with Gasteiger partial charge in [0, 0.05) is 19.5 Å². The number of methoxy groups -OCH3 is 1. The second kappa shape index (κ2) is 15.3. The number of hydrogen-bond acceptors (Lipinski definition) is 6. The van der Waals surface area contributed by atoms with Gasteiger partial charge in [0.05, 0.1) is 20.3 Å². The maximum Gasteiger partial charge on any atom is 0.305 e. The maximum atomic E-state index is 12.1. The molecule has 0 heterocycles. The normalized spacial score (nSPS) is 13.6. The summed E-state index contributed by atoms with van der Waals surface area (Å²) in [6.45, 7) is 7.44. The van der Waals surface area contributed by atoms with Crippen LogP contribution in [0.1, 0.15) is 43.2 Å². The Kier molecular flexibility index (Phi) is 11.8. The molecule has 0 unspecified atom stereocenters. The van der Waals surface area contributed by atoms with Gasteiger partial charge in [0.15, 0.2) is 0 Å². The zero-order valence-corrected chi connectivity index (χ0v) is 24.3. The minimum Gasteiger partial charge on any atom is -0.494 e. The number of ether oxygens (including phenoxy) is 3. The van der Waals surface area contributed by atoms with Crippen molar-refractivity contribution in [2.45, 2.75) is 32.1 Å². The predicted octanol–water partition coefficient (Wildman–Crippen LogP) is 5.99. The Morgan fingerprint density at radius 2 is 1.28 bits per heavy atom. The molecule has 2 aromatic carbocycles. The van der Waals surface area contributed by atoms with Crippen LogP contribution in [0.15, 0.2) is 77.9 Å². The van der Waals surface area contributed by atoms with Gasteiger partial charge < -0.3 is 24.0 Å². The summed E-state index contributed by atoms with van der Waals surface area (Å²) in [5.74, 6) is 1.48. The number of esters is 1. The van der Waals surface area contributed by atoms with Crippen LogP contribution in [0, 0.1) is 0 Å². The Bertz CT molecular complexity index is 1080. The molecule has 6 heteroatoms. The molecule has 0 N–H and O–H groups in total. The summed E-state index contributed by atoms with van der Waals surface area (Å²) in [6, 6.07) is 16.5. The van der Waals surface area contributed by atoms with E-state index in [-0.39, 0.29) is 5.97 Å². The zero-order chi connectivity index (χ0) is 28.2. The van der Waals surface area contributed by atoms with Gasteiger partial charge in [0.2, 0.25) is 0 Å². The van der Waals surface area contributed by atoms with Crippen LogP contribution in [-0.2, 0) is 9.53 Å². The fourth-order valence-corrected chi connectivity index (χ4v) is 4.27. The highest BCUT2D eigenvalue weighted by Gasteiger charge is 2.21. The van der Waals surface area contributed by atoms with Crippen LogP contribution in [0.4, 0.5) is 0 Å². The van der Waals surface area contributed by atoms with Crippen LogP contribution in [0.5, 0.6) is 11.5 Å². The Balaban J connectivity index is 1.89. The SMILES string of the molecule is C=C1C/C1=C\C(CCC(=O)OC)=C(c1ccc(OCCCN(C)C)cc1)c1ccc(OCCCN(C)C)cc1. The van der Waals surface area contributed by atoms with E-state index in [9.17, 15) is 4.79 Å². The maximum absolute atomic E-state index is 12.1. The minimum atomic E-state index is -0.220. The number of carbonyl (C=O) groups is 1. The second-order valence-electron chi connectivity index (χ2n) is 10.5. The Morgan fingerprint density at radius 1 is 0.821 bits per heavy atom. The molecule has 0 spiro atoms. The lowest BCUT2D eigenvalue weighted by Crippen LogP contribution is -2.15. The van der Waals surface area contributed by atoms with Gasteiger partial charge in [-0.2, -0.15) is 0 Å². The first-order valence-electron chi connectivity index (χ1n) is 13.7. The standard InChI is InChI=1S/C33H44N2O4/c1-25-23-29(25)24-28(13-18-32(36)37-6)33(26-9-14-30(15-10-26)38-21-7-19-34(2)3)27-11-16-31(17-12-27)39-22-8-20-35(4)5/h9-12,14-17,24H,1,7-8,13,18-23H2,2-6H3/b29-24+. The lowest BCUT2D eigenvalue weighted by atomic mass is 9.90. The van der Waals surface area contributed by atoms with Crippen molar-refractivity contribution in [3.8, 4) is 11.5 Å². The molecule has 39 heavy (non-hydrogen) atoms. The summed E-state index contributed by atoms with van der Waals surface area (Å²) in [7, 11) is 9.70. The number of hydrogen-bond donors (Lipinski definition) is 0. The first-order chi connectivity index (χ1) is 18.8. The van der Waals surface area contributed by atoms with Gasteiger partial charge in [0.25, 0.3) is 0 Å². The summed E-state index contributed by atoms with van der Waals surface area (Å²) in [5.41, 5.74) is 6.69. The average Bonchev–Trinajstić information content (AvgIpc) is 3.62. The van der Waals surface area contributed by atoms with E-state index < -0.39 is 0 Å². The third-order valence-corrected chi connectivity index (χ3v) is 6.55. The molecule has 0 radical (unpaired) electrons. The van der Waals surface area contributed by atoms with Crippen molar-refractivity contribution in [2.24, 2.45) is 0 Å². The molecule has 210 valence electrons. The summed E-state index contributed by atoms with van der Waals surface area (Å²) < 4.78 is 16.9. The Labute approximate surface area is 234 Å². The largest absolute Gasteiger partial charge is 0.494 e. The molecule has 0 aromatic heterocycles. The highest BCUT2D eigenvalue weighted by molar-refractivity contribution is 5.85. The molecule has 0 amide bonds. The smallest absolute Gasteiger partial charge is 0.305 e. The fraction of sp³-hybridized carbons (Fsp3) is 0.424. The van der Waals surface area contributed by atoms with Crippen molar-refractivity contribution in [3.05, 3.63) is 89.0 Å². The predicted molar refractivity (Wildman–Crippen MR) is 159 cm³/mol. The number of rotatable bonds is 16. The van der Waals surface area contributed by atoms with Gasteiger partial charge in [-0.15, -0.1) is 0 Å². The highest BCUT2D eigenvalue weighted by Crippen LogP contribution is 2.39. The highest BCUT2D eigenvalue weighted by atomic mass is 16.5. The van der Waals surface area contributed by atoms with E-state index in [1.54, 1.807) is 0 Å². The van der Waals surface area contributed by atoms with Crippen molar-refractivity contribution in [1.29, 1.82) is 0 Å². The van der Waals surface area contributed by atoms with Crippen LogP contribution in [0.25, 0.3) is 5.57 Å². The van der Waals surface area contributed by atoms with E-state index in [1.807, 2.05) is 24.3 Å².